The molecule has 0 bridgehead atoms. The standard InChI is InChI=1S/C19H16ClN3O4S2/c20-15-3-1-2-4-17(15)27-12-18(24)23-9-7-13-11-14(5-6-16(13)23)29(25,26)22-19-21-8-10-28-19/h1-6,8,10-11H,7,9,12H2,(H,21,22). The fourth-order valence-corrected chi connectivity index (χ4v) is 5.06. The zero-order valence-electron chi connectivity index (χ0n) is 15.0. The number of hydrogen-bond donors (Lipinski definition) is 1. The van der Waals surface area contributed by atoms with Crippen molar-refractivity contribution < 1.29 is 17.9 Å². The summed E-state index contributed by atoms with van der Waals surface area (Å²) < 4.78 is 33.1. The van der Waals surface area contributed by atoms with Crippen molar-refractivity contribution in [3.05, 3.63) is 64.6 Å². The molecule has 0 unspecified atom stereocenters. The van der Waals surface area contributed by atoms with E-state index in [2.05, 4.69) is 9.71 Å². The number of carbonyl (C=O) groups is 1. The largest absolute Gasteiger partial charge is 0.482 e. The molecule has 0 saturated carbocycles. The molecule has 0 saturated heterocycles. The topological polar surface area (TPSA) is 88.6 Å². The number of thiazole rings is 1. The highest BCUT2D eigenvalue weighted by Gasteiger charge is 2.27. The van der Waals surface area contributed by atoms with Gasteiger partial charge in [-0.3, -0.25) is 9.52 Å². The SMILES string of the molecule is O=C(COc1ccccc1Cl)N1CCc2cc(S(=O)(=O)Nc3nccs3)ccc21. The Labute approximate surface area is 177 Å². The van der Waals surface area contributed by atoms with Gasteiger partial charge < -0.3 is 9.64 Å². The van der Waals surface area contributed by atoms with E-state index in [9.17, 15) is 13.2 Å². The molecule has 3 aromatic rings. The summed E-state index contributed by atoms with van der Waals surface area (Å²) in [7, 11) is -3.74. The highest BCUT2D eigenvalue weighted by Crippen LogP contribution is 2.31. The normalized spacial score (nSPS) is 13.2. The molecular weight excluding hydrogens is 434 g/mol. The number of carbonyl (C=O) groups excluding carboxylic acids is 1. The molecule has 2 aromatic carbocycles. The lowest BCUT2D eigenvalue weighted by atomic mass is 10.2. The first kappa shape index (κ1) is 19.7. The molecule has 2 heterocycles. The first-order valence-electron chi connectivity index (χ1n) is 8.67. The van der Waals surface area contributed by atoms with Gasteiger partial charge >= 0.3 is 0 Å². The van der Waals surface area contributed by atoms with E-state index in [0.29, 0.717) is 34.6 Å². The molecular formula is C19H16ClN3O4S2. The van der Waals surface area contributed by atoms with Gasteiger partial charge in [0.15, 0.2) is 11.7 Å². The third-order valence-electron chi connectivity index (χ3n) is 4.40. The van der Waals surface area contributed by atoms with Crippen molar-refractivity contribution in [3.8, 4) is 5.75 Å². The molecule has 29 heavy (non-hydrogen) atoms. The van der Waals surface area contributed by atoms with Gasteiger partial charge in [0.2, 0.25) is 0 Å². The van der Waals surface area contributed by atoms with Crippen LogP contribution in [0.1, 0.15) is 5.56 Å². The minimum atomic E-state index is -3.74. The van der Waals surface area contributed by atoms with Gasteiger partial charge in [-0.15, -0.1) is 11.3 Å². The second-order valence-corrected chi connectivity index (χ2v) is 9.23. The monoisotopic (exact) mass is 449 g/mol. The van der Waals surface area contributed by atoms with Crippen LogP contribution in [0.3, 0.4) is 0 Å². The van der Waals surface area contributed by atoms with Gasteiger partial charge in [-0.2, -0.15) is 0 Å². The van der Waals surface area contributed by atoms with E-state index in [1.165, 1.54) is 23.6 Å². The number of halogens is 1. The van der Waals surface area contributed by atoms with Gasteiger partial charge in [0, 0.05) is 23.8 Å². The van der Waals surface area contributed by atoms with Crippen LogP contribution in [0.5, 0.6) is 5.75 Å². The third-order valence-corrected chi connectivity index (χ3v) is 6.87. The predicted molar refractivity (Wildman–Crippen MR) is 112 cm³/mol. The third kappa shape index (κ3) is 4.21. The van der Waals surface area contributed by atoms with Crippen LogP contribution in [0, 0.1) is 0 Å². The molecule has 150 valence electrons. The van der Waals surface area contributed by atoms with Crippen LogP contribution >= 0.6 is 22.9 Å². The second-order valence-electron chi connectivity index (χ2n) is 6.25. The molecule has 10 heteroatoms. The Bertz CT molecular complexity index is 1150. The zero-order chi connectivity index (χ0) is 20.4. The number of benzene rings is 2. The van der Waals surface area contributed by atoms with Crippen LogP contribution in [0.4, 0.5) is 10.8 Å². The Balaban J connectivity index is 1.48. The quantitative estimate of drug-likeness (QED) is 0.621. The number of rotatable bonds is 6. The van der Waals surface area contributed by atoms with E-state index < -0.39 is 10.0 Å². The van der Waals surface area contributed by atoms with Crippen molar-refractivity contribution in [2.45, 2.75) is 11.3 Å². The summed E-state index contributed by atoms with van der Waals surface area (Å²) in [6.07, 6.45) is 2.09. The molecule has 7 nitrogen and oxygen atoms in total. The average Bonchev–Trinajstić information content (AvgIpc) is 3.36. The van der Waals surface area contributed by atoms with Crippen molar-refractivity contribution in [1.29, 1.82) is 0 Å². The predicted octanol–water partition coefficient (Wildman–Crippen LogP) is 3.57. The Kier molecular flexibility index (Phi) is 5.44. The molecule has 1 aromatic heterocycles. The van der Waals surface area contributed by atoms with Gasteiger partial charge in [-0.05, 0) is 42.3 Å². The molecule has 0 atom stereocenters. The molecule has 0 radical (unpaired) electrons. The van der Waals surface area contributed by atoms with Crippen molar-refractivity contribution >= 4 is 49.7 Å². The maximum Gasteiger partial charge on any atom is 0.264 e. The maximum atomic E-state index is 12.6. The maximum absolute atomic E-state index is 12.6. The lowest BCUT2D eigenvalue weighted by Crippen LogP contribution is -2.33. The van der Waals surface area contributed by atoms with Crippen LogP contribution in [0.15, 0.2) is 58.9 Å². The number of para-hydroxylation sites is 1. The van der Waals surface area contributed by atoms with E-state index >= 15 is 0 Å². The molecule has 1 aliphatic heterocycles. The van der Waals surface area contributed by atoms with Crippen molar-refractivity contribution in [2.75, 3.05) is 22.8 Å². The molecule has 0 spiro atoms. The lowest BCUT2D eigenvalue weighted by Gasteiger charge is -2.18. The smallest absolute Gasteiger partial charge is 0.264 e. The summed E-state index contributed by atoms with van der Waals surface area (Å²) in [4.78, 5) is 18.3. The number of nitrogens with one attached hydrogen (secondary N) is 1. The number of ether oxygens (including phenoxy) is 1. The van der Waals surface area contributed by atoms with E-state index in [1.54, 1.807) is 46.7 Å². The van der Waals surface area contributed by atoms with Gasteiger partial charge in [-0.25, -0.2) is 13.4 Å². The van der Waals surface area contributed by atoms with Gasteiger partial charge in [0.1, 0.15) is 5.75 Å². The summed E-state index contributed by atoms with van der Waals surface area (Å²) >= 11 is 7.24. The Morgan fingerprint density at radius 2 is 2.10 bits per heavy atom. The Morgan fingerprint density at radius 3 is 2.86 bits per heavy atom. The first-order chi connectivity index (χ1) is 13.9. The molecule has 0 fully saturated rings. The zero-order valence-corrected chi connectivity index (χ0v) is 17.4. The number of anilines is 2. The van der Waals surface area contributed by atoms with E-state index in [1.807, 2.05) is 0 Å². The van der Waals surface area contributed by atoms with E-state index in [-0.39, 0.29) is 17.4 Å². The highest BCUT2D eigenvalue weighted by atomic mass is 35.5. The van der Waals surface area contributed by atoms with Crippen molar-refractivity contribution in [3.63, 3.8) is 0 Å². The van der Waals surface area contributed by atoms with Crippen molar-refractivity contribution in [2.24, 2.45) is 0 Å². The Hall–Kier alpha value is -2.62. The summed E-state index contributed by atoms with van der Waals surface area (Å²) in [5.41, 5.74) is 1.48. The molecule has 1 N–H and O–H groups in total. The fraction of sp³-hybridized carbons (Fsp3) is 0.158. The van der Waals surface area contributed by atoms with E-state index in [4.69, 9.17) is 16.3 Å². The minimum Gasteiger partial charge on any atom is -0.482 e. The van der Waals surface area contributed by atoms with E-state index in [0.717, 1.165) is 5.56 Å². The molecule has 1 amide bonds. The fourth-order valence-electron chi connectivity index (χ4n) is 3.03. The van der Waals surface area contributed by atoms with Crippen LogP contribution in [-0.4, -0.2) is 32.5 Å². The van der Waals surface area contributed by atoms with Crippen LogP contribution in [0.2, 0.25) is 5.02 Å². The lowest BCUT2D eigenvalue weighted by molar-refractivity contribution is -0.120. The van der Waals surface area contributed by atoms with Gasteiger partial charge in [0.25, 0.3) is 15.9 Å². The second kappa shape index (κ2) is 8.02. The van der Waals surface area contributed by atoms with Crippen molar-refractivity contribution in [1.82, 2.24) is 4.98 Å². The summed E-state index contributed by atoms with van der Waals surface area (Å²) in [5.74, 6) is 0.219. The molecule has 1 aliphatic rings. The highest BCUT2D eigenvalue weighted by molar-refractivity contribution is 7.93. The average molecular weight is 450 g/mol. The number of nitrogens with zero attached hydrogens (tertiary/aromatic N) is 2. The first-order valence-corrected chi connectivity index (χ1v) is 11.4. The summed E-state index contributed by atoms with van der Waals surface area (Å²) in [6, 6.07) is 11.7. The molecule has 0 aliphatic carbocycles. The number of aromatic nitrogens is 1. The molecule has 4 rings (SSSR count). The summed E-state index contributed by atoms with van der Waals surface area (Å²) in [6.45, 7) is 0.304. The Morgan fingerprint density at radius 1 is 1.28 bits per heavy atom. The number of amides is 1. The summed E-state index contributed by atoms with van der Waals surface area (Å²) in [5, 5.41) is 2.43. The number of fused-ring (bicyclic) bond motifs is 1. The number of hydrogen-bond acceptors (Lipinski definition) is 6. The van der Waals surface area contributed by atoms with Crippen LogP contribution in [-0.2, 0) is 21.2 Å². The van der Waals surface area contributed by atoms with Gasteiger partial charge in [-0.1, -0.05) is 23.7 Å². The van der Waals surface area contributed by atoms with Crippen LogP contribution in [0.25, 0.3) is 0 Å². The van der Waals surface area contributed by atoms with Crippen LogP contribution < -0.4 is 14.4 Å². The minimum absolute atomic E-state index is 0.132. The number of sulfonamides is 1. The van der Waals surface area contributed by atoms with Gasteiger partial charge in [0.05, 0.1) is 9.92 Å².